The van der Waals surface area contributed by atoms with Gasteiger partial charge in [-0.3, -0.25) is 4.99 Å². The standard InChI is InChI=1S/C25H30N4/c1-16-11-8-9-14-24(16)25(27-21(6)26-7)28-22-12-10-13-23(15-22)29-19(4)17(2)18(3)20(29)5/h8-15H,1-7H3,(H,26,27,28). The molecule has 1 heterocycles. The normalized spacial score (nSPS) is 12.4. The van der Waals surface area contributed by atoms with Crippen molar-refractivity contribution in [1.82, 2.24) is 4.57 Å². The molecule has 0 saturated heterocycles. The van der Waals surface area contributed by atoms with Gasteiger partial charge in [0.15, 0.2) is 0 Å². The van der Waals surface area contributed by atoms with Crippen molar-refractivity contribution in [3.63, 3.8) is 0 Å². The van der Waals surface area contributed by atoms with Gasteiger partial charge < -0.3 is 9.88 Å². The Kier molecular flexibility index (Phi) is 6.02. The molecule has 0 spiro atoms. The fourth-order valence-electron chi connectivity index (χ4n) is 3.58. The lowest BCUT2D eigenvalue weighted by atomic mass is 10.1. The van der Waals surface area contributed by atoms with Gasteiger partial charge in [0.25, 0.3) is 0 Å². The van der Waals surface area contributed by atoms with Crippen molar-refractivity contribution in [1.29, 1.82) is 0 Å². The van der Waals surface area contributed by atoms with E-state index in [2.05, 4.69) is 85.9 Å². The minimum Gasteiger partial charge on any atom is -0.340 e. The van der Waals surface area contributed by atoms with E-state index in [1.807, 2.05) is 19.1 Å². The number of nitrogens with zero attached hydrogens (tertiary/aromatic N) is 3. The molecular weight excluding hydrogens is 356 g/mol. The molecule has 0 amide bonds. The Morgan fingerprint density at radius 2 is 1.52 bits per heavy atom. The minimum absolute atomic E-state index is 0.732. The van der Waals surface area contributed by atoms with Gasteiger partial charge in [-0.1, -0.05) is 30.3 Å². The van der Waals surface area contributed by atoms with Gasteiger partial charge in [-0.2, -0.15) is 0 Å². The molecule has 4 nitrogen and oxygen atoms in total. The number of hydrogen-bond donors (Lipinski definition) is 1. The van der Waals surface area contributed by atoms with Crippen LogP contribution in [0.3, 0.4) is 0 Å². The molecule has 0 atom stereocenters. The van der Waals surface area contributed by atoms with Gasteiger partial charge >= 0.3 is 0 Å². The number of aromatic nitrogens is 1. The van der Waals surface area contributed by atoms with E-state index in [1.165, 1.54) is 28.1 Å². The maximum atomic E-state index is 4.73. The number of amidine groups is 2. The Bertz CT molecular complexity index is 1070. The van der Waals surface area contributed by atoms with Crippen LogP contribution in [0.25, 0.3) is 5.69 Å². The summed E-state index contributed by atoms with van der Waals surface area (Å²) in [5.74, 6) is 1.53. The second-order valence-corrected chi connectivity index (χ2v) is 7.48. The van der Waals surface area contributed by atoms with Crippen LogP contribution < -0.4 is 5.32 Å². The average Bonchev–Trinajstić information content (AvgIpc) is 2.91. The van der Waals surface area contributed by atoms with Crippen molar-refractivity contribution in [2.75, 3.05) is 12.4 Å². The second kappa shape index (κ2) is 8.48. The fraction of sp³-hybridized carbons (Fsp3) is 0.280. The van der Waals surface area contributed by atoms with Gasteiger partial charge in [0, 0.05) is 35.4 Å². The van der Waals surface area contributed by atoms with Crippen LogP contribution in [0.4, 0.5) is 5.69 Å². The van der Waals surface area contributed by atoms with E-state index in [0.29, 0.717) is 0 Å². The van der Waals surface area contributed by atoms with Crippen LogP contribution in [-0.2, 0) is 0 Å². The number of nitrogens with one attached hydrogen (secondary N) is 1. The molecule has 0 fully saturated rings. The summed E-state index contributed by atoms with van der Waals surface area (Å²) in [5.41, 5.74) is 9.62. The summed E-state index contributed by atoms with van der Waals surface area (Å²) in [5, 5.41) is 3.53. The lowest BCUT2D eigenvalue weighted by molar-refractivity contribution is 0.957. The van der Waals surface area contributed by atoms with Crippen molar-refractivity contribution in [3.8, 4) is 5.69 Å². The molecule has 2 aromatic carbocycles. The third kappa shape index (κ3) is 4.16. The molecule has 0 aliphatic heterocycles. The molecule has 0 aliphatic carbocycles. The third-order valence-corrected chi connectivity index (χ3v) is 5.68. The Balaban J connectivity index is 2.05. The Labute approximate surface area is 174 Å². The molecule has 0 saturated carbocycles. The Morgan fingerprint density at radius 1 is 0.862 bits per heavy atom. The number of rotatable bonds is 3. The Morgan fingerprint density at radius 3 is 2.14 bits per heavy atom. The number of hydrogen-bond acceptors (Lipinski definition) is 1. The highest BCUT2D eigenvalue weighted by Gasteiger charge is 2.13. The quantitative estimate of drug-likeness (QED) is 0.440. The summed E-state index contributed by atoms with van der Waals surface area (Å²) in [6.07, 6.45) is 0. The lowest BCUT2D eigenvalue weighted by Crippen LogP contribution is -2.17. The van der Waals surface area contributed by atoms with E-state index >= 15 is 0 Å². The van der Waals surface area contributed by atoms with E-state index < -0.39 is 0 Å². The van der Waals surface area contributed by atoms with E-state index in [0.717, 1.165) is 28.6 Å². The number of aliphatic imine (C=N–C) groups is 2. The molecule has 3 aromatic rings. The summed E-state index contributed by atoms with van der Waals surface area (Å²) in [6.45, 7) is 12.7. The van der Waals surface area contributed by atoms with Crippen LogP contribution in [0.2, 0.25) is 0 Å². The molecule has 0 radical (unpaired) electrons. The number of benzene rings is 2. The van der Waals surface area contributed by atoms with Crippen LogP contribution in [0.1, 0.15) is 40.6 Å². The van der Waals surface area contributed by atoms with Gasteiger partial charge in [-0.25, -0.2) is 4.99 Å². The van der Waals surface area contributed by atoms with E-state index in [9.17, 15) is 0 Å². The maximum Gasteiger partial charge on any atom is 0.140 e. The first-order valence-corrected chi connectivity index (χ1v) is 9.94. The lowest BCUT2D eigenvalue weighted by Gasteiger charge is -2.15. The van der Waals surface area contributed by atoms with E-state index in [-0.39, 0.29) is 0 Å². The molecule has 1 N–H and O–H groups in total. The molecule has 150 valence electrons. The van der Waals surface area contributed by atoms with Crippen molar-refractivity contribution in [2.45, 2.75) is 41.5 Å². The van der Waals surface area contributed by atoms with Crippen LogP contribution >= 0.6 is 0 Å². The largest absolute Gasteiger partial charge is 0.340 e. The molecule has 0 aliphatic rings. The average molecular weight is 387 g/mol. The topological polar surface area (TPSA) is 41.7 Å². The molecule has 29 heavy (non-hydrogen) atoms. The summed E-state index contributed by atoms with van der Waals surface area (Å²) in [6, 6.07) is 16.7. The number of aryl methyl sites for hydroxylation is 1. The summed E-state index contributed by atoms with van der Waals surface area (Å²) in [7, 11) is 1.76. The number of anilines is 1. The molecule has 0 unspecified atom stereocenters. The first-order chi connectivity index (χ1) is 13.8. The molecule has 4 heteroatoms. The third-order valence-electron chi connectivity index (χ3n) is 5.68. The summed E-state index contributed by atoms with van der Waals surface area (Å²) < 4.78 is 2.32. The molecule has 3 rings (SSSR count). The second-order valence-electron chi connectivity index (χ2n) is 7.48. The van der Waals surface area contributed by atoms with Gasteiger partial charge in [0.1, 0.15) is 11.7 Å². The highest BCUT2D eigenvalue weighted by molar-refractivity contribution is 6.13. The zero-order valence-corrected chi connectivity index (χ0v) is 18.5. The fourth-order valence-corrected chi connectivity index (χ4v) is 3.58. The van der Waals surface area contributed by atoms with Gasteiger partial charge in [0.2, 0.25) is 0 Å². The van der Waals surface area contributed by atoms with Crippen LogP contribution in [0, 0.1) is 34.6 Å². The zero-order chi connectivity index (χ0) is 21.1. The smallest absolute Gasteiger partial charge is 0.140 e. The van der Waals surface area contributed by atoms with E-state index in [4.69, 9.17) is 4.99 Å². The molecule has 0 bridgehead atoms. The minimum atomic E-state index is 0.732. The van der Waals surface area contributed by atoms with Crippen molar-refractivity contribution in [3.05, 3.63) is 82.2 Å². The highest BCUT2D eigenvalue weighted by atomic mass is 15.0. The SMILES string of the molecule is CN=C(C)N=C(Nc1cccc(-n2c(C)c(C)c(C)c2C)c1)c1ccccc1C. The monoisotopic (exact) mass is 386 g/mol. The van der Waals surface area contributed by atoms with Crippen molar-refractivity contribution >= 4 is 17.4 Å². The first-order valence-electron chi connectivity index (χ1n) is 9.94. The first kappa shape index (κ1) is 20.6. The van der Waals surface area contributed by atoms with Gasteiger partial charge in [-0.05, 0) is 76.4 Å². The summed E-state index contributed by atoms with van der Waals surface area (Å²) in [4.78, 5) is 8.94. The molecule has 1 aromatic heterocycles. The predicted molar refractivity (Wildman–Crippen MR) is 125 cm³/mol. The van der Waals surface area contributed by atoms with Crippen molar-refractivity contribution < 1.29 is 0 Å². The predicted octanol–water partition coefficient (Wildman–Crippen LogP) is 5.93. The summed E-state index contributed by atoms with van der Waals surface area (Å²) >= 11 is 0. The maximum absolute atomic E-state index is 4.73. The van der Waals surface area contributed by atoms with Crippen molar-refractivity contribution in [2.24, 2.45) is 9.98 Å². The van der Waals surface area contributed by atoms with Gasteiger partial charge in [-0.15, -0.1) is 0 Å². The van der Waals surface area contributed by atoms with Crippen LogP contribution in [0.5, 0.6) is 0 Å². The Hall–Kier alpha value is -3.14. The van der Waals surface area contributed by atoms with Gasteiger partial charge in [0.05, 0.1) is 0 Å². The van der Waals surface area contributed by atoms with Crippen LogP contribution in [0.15, 0.2) is 58.5 Å². The van der Waals surface area contributed by atoms with Crippen LogP contribution in [-0.4, -0.2) is 23.3 Å². The molecular formula is C25H30N4. The zero-order valence-electron chi connectivity index (χ0n) is 18.5. The van der Waals surface area contributed by atoms with E-state index in [1.54, 1.807) is 7.05 Å². The highest BCUT2D eigenvalue weighted by Crippen LogP contribution is 2.26.